The number of amides is 1. The van der Waals surface area contributed by atoms with Crippen LogP contribution in [0.3, 0.4) is 0 Å². The second-order valence-corrected chi connectivity index (χ2v) is 4.93. The van der Waals surface area contributed by atoms with Gasteiger partial charge in [0.25, 0.3) is 0 Å². The van der Waals surface area contributed by atoms with E-state index in [9.17, 15) is 14.4 Å². The maximum absolute atomic E-state index is 12.9. The molecule has 0 heterocycles. The number of rotatable bonds is 5. The Morgan fingerprint density at radius 3 is 2.36 bits per heavy atom. The van der Waals surface area contributed by atoms with E-state index in [0.717, 1.165) is 11.3 Å². The largest absolute Gasteiger partial charge is 0.312 e. The van der Waals surface area contributed by atoms with E-state index in [1.54, 1.807) is 17.0 Å². The highest BCUT2D eigenvalue weighted by atomic mass is 19.1. The molecule has 2 aromatic rings. The fourth-order valence-electron chi connectivity index (χ4n) is 2.31. The van der Waals surface area contributed by atoms with E-state index in [1.165, 1.54) is 12.1 Å². The van der Waals surface area contributed by atoms with Gasteiger partial charge in [-0.25, -0.2) is 4.39 Å². The van der Waals surface area contributed by atoms with E-state index in [1.807, 2.05) is 37.3 Å². The normalized spacial score (nSPS) is 11.5. The van der Waals surface area contributed by atoms with Crippen LogP contribution in [0.25, 0.3) is 0 Å². The van der Waals surface area contributed by atoms with Crippen molar-refractivity contribution in [3.63, 3.8) is 0 Å². The minimum Gasteiger partial charge on any atom is -0.312 e. The second-order valence-electron chi connectivity index (χ2n) is 4.93. The van der Waals surface area contributed by atoms with Crippen molar-refractivity contribution in [2.75, 3.05) is 11.4 Å². The summed E-state index contributed by atoms with van der Waals surface area (Å²) in [4.78, 5) is 14.2. The Balaban J connectivity index is 2.17. The lowest BCUT2D eigenvalue weighted by atomic mass is 9.99. The molecule has 0 spiro atoms. The molecule has 22 heavy (non-hydrogen) atoms. The molecule has 0 fully saturated rings. The van der Waals surface area contributed by atoms with Crippen molar-refractivity contribution >= 4 is 11.6 Å². The van der Waals surface area contributed by atoms with E-state index >= 15 is 0 Å². The summed E-state index contributed by atoms with van der Waals surface area (Å²) in [5, 5.41) is 9.33. The van der Waals surface area contributed by atoms with Gasteiger partial charge < -0.3 is 4.90 Å². The third kappa shape index (κ3) is 3.70. The van der Waals surface area contributed by atoms with Gasteiger partial charge >= 0.3 is 0 Å². The van der Waals surface area contributed by atoms with Crippen molar-refractivity contribution in [1.82, 2.24) is 0 Å². The maximum Gasteiger partial charge on any atom is 0.244 e. The fourth-order valence-corrected chi connectivity index (χ4v) is 2.31. The monoisotopic (exact) mass is 296 g/mol. The van der Waals surface area contributed by atoms with Crippen LogP contribution >= 0.6 is 0 Å². The lowest BCUT2D eigenvalue weighted by molar-refractivity contribution is -0.120. The van der Waals surface area contributed by atoms with Crippen molar-refractivity contribution in [2.24, 2.45) is 5.92 Å². The van der Waals surface area contributed by atoms with Gasteiger partial charge in [-0.05, 0) is 43.2 Å². The number of nitrogens with zero attached hydrogens (tertiary/aromatic N) is 2. The lowest BCUT2D eigenvalue weighted by Crippen LogP contribution is -2.36. The molecule has 0 bridgehead atoms. The second kappa shape index (κ2) is 7.37. The summed E-state index contributed by atoms with van der Waals surface area (Å²) in [6, 6.07) is 17.2. The van der Waals surface area contributed by atoms with Gasteiger partial charge in [0, 0.05) is 12.2 Å². The van der Waals surface area contributed by atoms with Crippen LogP contribution in [0.4, 0.5) is 10.1 Å². The van der Waals surface area contributed by atoms with Gasteiger partial charge in [-0.3, -0.25) is 4.79 Å². The van der Waals surface area contributed by atoms with Crippen LogP contribution < -0.4 is 4.90 Å². The molecule has 0 aliphatic rings. The summed E-state index contributed by atoms with van der Waals surface area (Å²) in [6.07, 6.45) is 0.277. The number of benzene rings is 2. The van der Waals surface area contributed by atoms with Gasteiger partial charge in [-0.1, -0.05) is 30.3 Å². The van der Waals surface area contributed by atoms with Crippen molar-refractivity contribution in [2.45, 2.75) is 13.3 Å². The molecule has 0 aliphatic heterocycles. The predicted molar refractivity (Wildman–Crippen MR) is 83.7 cm³/mol. The first kappa shape index (κ1) is 15.7. The first-order valence-corrected chi connectivity index (χ1v) is 7.16. The summed E-state index contributed by atoms with van der Waals surface area (Å²) in [5.74, 6) is -1.35. The number of nitriles is 1. The van der Waals surface area contributed by atoms with Gasteiger partial charge in [0.1, 0.15) is 11.7 Å². The van der Waals surface area contributed by atoms with Crippen LogP contribution in [0.1, 0.15) is 12.5 Å². The number of hydrogen-bond acceptors (Lipinski definition) is 2. The Kier molecular flexibility index (Phi) is 5.26. The Labute approximate surface area is 129 Å². The summed E-state index contributed by atoms with van der Waals surface area (Å²) in [6.45, 7) is 2.36. The standard InChI is InChI=1S/C18H17FN2O/c1-2-21(17-6-4-3-5-7-17)18(22)15(13-20)12-14-8-10-16(19)11-9-14/h3-11,15H,2,12H2,1H3. The quantitative estimate of drug-likeness (QED) is 0.846. The summed E-state index contributed by atoms with van der Waals surface area (Å²) < 4.78 is 12.9. The zero-order valence-corrected chi connectivity index (χ0v) is 12.4. The predicted octanol–water partition coefficient (Wildman–Crippen LogP) is 3.56. The first-order chi connectivity index (χ1) is 10.7. The highest BCUT2D eigenvalue weighted by Crippen LogP contribution is 2.18. The van der Waals surface area contributed by atoms with Gasteiger partial charge in [0.2, 0.25) is 5.91 Å². The van der Waals surface area contributed by atoms with Gasteiger partial charge in [-0.2, -0.15) is 5.26 Å². The number of carbonyl (C=O) groups excluding carboxylic acids is 1. The highest BCUT2D eigenvalue weighted by Gasteiger charge is 2.24. The number of halogens is 1. The number of carbonyl (C=O) groups is 1. The smallest absolute Gasteiger partial charge is 0.244 e. The molecule has 0 N–H and O–H groups in total. The SMILES string of the molecule is CCN(C(=O)C(C#N)Cc1ccc(F)cc1)c1ccccc1. The molecule has 0 aliphatic carbocycles. The molecule has 2 aromatic carbocycles. The van der Waals surface area contributed by atoms with Crippen molar-refractivity contribution in [3.05, 3.63) is 66.0 Å². The highest BCUT2D eigenvalue weighted by molar-refractivity contribution is 5.96. The van der Waals surface area contributed by atoms with E-state index in [4.69, 9.17) is 0 Å². The number of anilines is 1. The zero-order chi connectivity index (χ0) is 15.9. The Bertz CT molecular complexity index is 662. The Hall–Kier alpha value is -2.67. The summed E-state index contributed by atoms with van der Waals surface area (Å²) >= 11 is 0. The minimum absolute atomic E-state index is 0.236. The molecule has 2 rings (SSSR count). The van der Waals surface area contributed by atoms with Crippen molar-refractivity contribution < 1.29 is 9.18 Å². The average Bonchev–Trinajstić information content (AvgIpc) is 2.56. The van der Waals surface area contributed by atoms with Crippen molar-refractivity contribution in [1.29, 1.82) is 5.26 Å². The maximum atomic E-state index is 12.9. The third-order valence-electron chi connectivity index (χ3n) is 3.46. The molecule has 0 saturated heterocycles. The molecule has 1 unspecified atom stereocenters. The lowest BCUT2D eigenvalue weighted by Gasteiger charge is -2.23. The van der Waals surface area contributed by atoms with E-state index in [-0.39, 0.29) is 18.1 Å². The summed E-state index contributed by atoms with van der Waals surface area (Å²) in [7, 11) is 0. The molecule has 4 heteroatoms. The van der Waals surface area contributed by atoms with E-state index < -0.39 is 5.92 Å². The molecule has 0 aromatic heterocycles. The van der Waals surface area contributed by atoms with Crippen LogP contribution in [-0.2, 0) is 11.2 Å². The van der Waals surface area contributed by atoms with Crippen LogP contribution in [0.2, 0.25) is 0 Å². The first-order valence-electron chi connectivity index (χ1n) is 7.16. The van der Waals surface area contributed by atoms with Gasteiger partial charge in [0.15, 0.2) is 0 Å². The minimum atomic E-state index is -0.786. The van der Waals surface area contributed by atoms with Crippen LogP contribution in [0.15, 0.2) is 54.6 Å². The average molecular weight is 296 g/mol. The zero-order valence-electron chi connectivity index (χ0n) is 12.4. The molecule has 1 atom stereocenters. The Morgan fingerprint density at radius 1 is 1.18 bits per heavy atom. The van der Waals surface area contributed by atoms with E-state index in [2.05, 4.69) is 6.07 Å². The molecule has 0 radical (unpaired) electrons. The van der Waals surface area contributed by atoms with Gasteiger partial charge in [-0.15, -0.1) is 0 Å². The van der Waals surface area contributed by atoms with Gasteiger partial charge in [0.05, 0.1) is 6.07 Å². The fraction of sp³-hybridized carbons (Fsp3) is 0.222. The Morgan fingerprint density at radius 2 is 1.82 bits per heavy atom. The van der Waals surface area contributed by atoms with Crippen LogP contribution in [-0.4, -0.2) is 12.5 Å². The van der Waals surface area contributed by atoms with E-state index in [0.29, 0.717) is 6.54 Å². The molecule has 112 valence electrons. The topological polar surface area (TPSA) is 44.1 Å². The molecular weight excluding hydrogens is 279 g/mol. The summed E-state index contributed by atoms with van der Waals surface area (Å²) in [5.41, 5.74) is 1.54. The van der Waals surface area contributed by atoms with Crippen LogP contribution in [0.5, 0.6) is 0 Å². The number of para-hydroxylation sites is 1. The van der Waals surface area contributed by atoms with Crippen LogP contribution in [0, 0.1) is 23.1 Å². The number of hydrogen-bond donors (Lipinski definition) is 0. The molecule has 3 nitrogen and oxygen atoms in total. The van der Waals surface area contributed by atoms with Crippen molar-refractivity contribution in [3.8, 4) is 6.07 Å². The third-order valence-corrected chi connectivity index (χ3v) is 3.46. The molecule has 0 saturated carbocycles. The molecule has 1 amide bonds. The molecular formula is C18H17FN2O.